The number of carbonyl (C=O) groups excluding carboxylic acids is 3. The molecule has 0 spiro atoms. The van der Waals surface area contributed by atoms with Crippen LogP contribution in [-0.2, 0) is 20.7 Å². The van der Waals surface area contributed by atoms with Gasteiger partial charge in [0.2, 0.25) is 0 Å². The maximum atomic E-state index is 12.1. The summed E-state index contributed by atoms with van der Waals surface area (Å²) in [5.74, 6) is -0.211. The van der Waals surface area contributed by atoms with Gasteiger partial charge in [0.1, 0.15) is 17.3 Å². The van der Waals surface area contributed by atoms with Crippen molar-refractivity contribution in [1.82, 2.24) is 5.32 Å². The van der Waals surface area contributed by atoms with Crippen LogP contribution < -0.4 is 10.1 Å². The number of carbonyl (C=O) groups is 3. The molecule has 1 heterocycles. The number of furan rings is 1. The average molecular weight is 407 g/mol. The van der Waals surface area contributed by atoms with Gasteiger partial charge in [-0.3, -0.25) is 19.7 Å². The third kappa shape index (κ3) is 5.57. The number of hydrogen-bond acceptors (Lipinski definition) is 6. The standard InChI is InChI=1S/C23H21NO6/c1-28-20-10-6-5-9-18(20)23(27)24-21(25)15-29-22(26)14-12-17-11-13-19(30-17)16-7-3-2-4-8-16/h2-11,13H,12,14-15H2,1H3,(H,24,25,27). The number of benzene rings is 2. The second-order valence-corrected chi connectivity index (χ2v) is 6.37. The second kappa shape index (κ2) is 10.1. The minimum absolute atomic E-state index is 0.0511. The number of para-hydroxylation sites is 1. The average Bonchev–Trinajstić information content (AvgIpc) is 3.26. The summed E-state index contributed by atoms with van der Waals surface area (Å²) in [5, 5.41) is 2.17. The number of rotatable bonds is 8. The van der Waals surface area contributed by atoms with Gasteiger partial charge in [0.25, 0.3) is 11.8 Å². The van der Waals surface area contributed by atoms with Gasteiger partial charge in [0, 0.05) is 12.0 Å². The lowest BCUT2D eigenvalue weighted by Gasteiger charge is -2.08. The molecule has 0 aliphatic heterocycles. The van der Waals surface area contributed by atoms with E-state index in [9.17, 15) is 14.4 Å². The van der Waals surface area contributed by atoms with E-state index in [1.165, 1.54) is 13.2 Å². The van der Waals surface area contributed by atoms with Crippen molar-refractivity contribution in [3.8, 4) is 17.1 Å². The zero-order valence-electron chi connectivity index (χ0n) is 16.4. The lowest BCUT2D eigenvalue weighted by atomic mass is 10.2. The summed E-state index contributed by atoms with van der Waals surface area (Å²) >= 11 is 0. The van der Waals surface area contributed by atoms with Crippen molar-refractivity contribution in [2.75, 3.05) is 13.7 Å². The number of nitrogens with one attached hydrogen (secondary N) is 1. The number of amides is 2. The van der Waals surface area contributed by atoms with Gasteiger partial charge in [-0.05, 0) is 24.3 Å². The first kappa shape index (κ1) is 20.9. The normalized spacial score (nSPS) is 10.3. The summed E-state index contributed by atoms with van der Waals surface area (Å²) in [5.41, 5.74) is 1.16. The highest BCUT2D eigenvalue weighted by atomic mass is 16.5. The van der Waals surface area contributed by atoms with Gasteiger partial charge in [-0.15, -0.1) is 0 Å². The van der Waals surface area contributed by atoms with E-state index in [0.717, 1.165) is 5.56 Å². The van der Waals surface area contributed by atoms with Crippen LogP contribution in [0, 0.1) is 0 Å². The van der Waals surface area contributed by atoms with Gasteiger partial charge in [-0.1, -0.05) is 42.5 Å². The van der Waals surface area contributed by atoms with Crippen LogP contribution in [0.1, 0.15) is 22.5 Å². The van der Waals surface area contributed by atoms with Crippen LogP contribution in [-0.4, -0.2) is 31.5 Å². The van der Waals surface area contributed by atoms with E-state index in [1.807, 2.05) is 36.4 Å². The molecule has 0 saturated heterocycles. The highest BCUT2D eigenvalue weighted by Gasteiger charge is 2.16. The van der Waals surface area contributed by atoms with E-state index in [4.69, 9.17) is 13.9 Å². The van der Waals surface area contributed by atoms with Crippen molar-refractivity contribution < 1.29 is 28.3 Å². The Bertz CT molecular complexity index is 1020. The Balaban J connectivity index is 1.43. The van der Waals surface area contributed by atoms with Crippen molar-refractivity contribution >= 4 is 17.8 Å². The summed E-state index contributed by atoms with van der Waals surface area (Å²) in [6.07, 6.45) is 0.392. The first-order chi connectivity index (χ1) is 14.6. The van der Waals surface area contributed by atoms with Crippen LogP contribution in [0.25, 0.3) is 11.3 Å². The molecule has 3 rings (SSSR count). The van der Waals surface area contributed by atoms with Crippen LogP contribution in [0.15, 0.2) is 71.1 Å². The Hall–Kier alpha value is -3.87. The van der Waals surface area contributed by atoms with E-state index in [0.29, 0.717) is 23.7 Å². The molecular weight excluding hydrogens is 386 g/mol. The first-order valence-corrected chi connectivity index (χ1v) is 9.34. The Morgan fingerprint density at radius 1 is 0.933 bits per heavy atom. The predicted molar refractivity (Wildman–Crippen MR) is 109 cm³/mol. The molecule has 0 radical (unpaired) electrons. The fourth-order valence-corrected chi connectivity index (χ4v) is 2.78. The molecule has 0 saturated carbocycles. The summed E-state index contributed by atoms with van der Waals surface area (Å²) in [7, 11) is 1.43. The molecular formula is C23H21NO6. The highest BCUT2D eigenvalue weighted by molar-refractivity contribution is 6.06. The lowest BCUT2D eigenvalue weighted by Crippen LogP contribution is -2.34. The van der Waals surface area contributed by atoms with Gasteiger partial charge in [-0.25, -0.2) is 0 Å². The smallest absolute Gasteiger partial charge is 0.306 e. The second-order valence-electron chi connectivity index (χ2n) is 6.37. The Morgan fingerprint density at radius 2 is 1.67 bits per heavy atom. The summed E-state index contributed by atoms with van der Waals surface area (Å²) < 4.78 is 15.7. The lowest BCUT2D eigenvalue weighted by molar-refractivity contribution is -0.148. The number of methoxy groups -OCH3 is 1. The molecule has 0 atom stereocenters. The zero-order valence-corrected chi connectivity index (χ0v) is 16.4. The fraction of sp³-hybridized carbons (Fsp3) is 0.174. The Labute approximate surface area is 173 Å². The first-order valence-electron chi connectivity index (χ1n) is 9.34. The molecule has 0 bridgehead atoms. The Kier molecular flexibility index (Phi) is 7.00. The highest BCUT2D eigenvalue weighted by Crippen LogP contribution is 2.22. The number of aryl methyl sites for hydroxylation is 1. The van der Waals surface area contributed by atoms with E-state index < -0.39 is 24.4 Å². The molecule has 2 aromatic carbocycles. The van der Waals surface area contributed by atoms with Crippen LogP contribution in [0.3, 0.4) is 0 Å². The maximum absolute atomic E-state index is 12.1. The van der Waals surface area contributed by atoms with Crippen LogP contribution in [0.2, 0.25) is 0 Å². The van der Waals surface area contributed by atoms with Crippen molar-refractivity contribution in [2.24, 2.45) is 0 Å². The third-order valence-corrected chi connectivity index (χ3v) is 4.26. The van der Waals surface area contributed by atoms with Gasteiger partial charge in [0.05, 0.1) is 19.1 Å². The van der Waals surface area contributed by atoms with Gasteiger partial charge in [0.15, 0.2) is 6.61 Å². The number of ether oxygens (including phenoxy) is 2. The van der Waals surface area contributed by atoms with Crippen LogP contribution in [0.5, 0.6) is 5.75 Å². The SMILES string of the molecule is COc1ccccc1C(=O)NC(=O)COC(=O)CCc1ccc(-c2ccccc2)o1. The van der Waals surface area contributed by atoms with E-state index in [1.54, 1.807) is 24.3 Å². The molecule has 30 heavy (non-hydrogen) atoms. The zero-order chi connectivity index (χ0) is 21.3. The van der Waals surface area contributed by atoms with Crippen molar-refractivity contribution in [3.63, 3.8) is 0 Å². The predicted octanol–water partition coefficient (Wildman–Crippen LogP) is 3.39. The molecule has 0 aliphatic rings. The number of hydrogen-bond donors (Lipinski definition) is 1. The molecule has 2 amide bonds. The molecule has 3 aromatic rings. The van der Waals surface area contributed by atoms with Crippen LogP contribution in [0.4, 0.5) is 0 Å². The molecule has 0 aliphatic carbocycles. The number of esters is 1. The molecule has 0 unspecified atom stereocenters. The monoisotopic (exact) mass is 407 g/mol. The fourth-order valence-electron chi connectivity index (χ4n) is 2.78. The maximum Gasteiger partial charge on any atom is 0.306 e. The van der Waals surface area contributed by atoms with Crippen LogP contribution >= 0.6 is 0 Å². The number of imide groups is 1. The Morgan fingerprint density at radius 3 is 2.43 bits per heavy atom. The van der Waals surface area contributed by atoms with Gasteiger partial charge >= 0.3 is 5.97 Å². The van der Waals surface area contributed by atoms with Gasteiger partial charge in [-0.2, -0.15) is 0 Å². The van der Waals surface area contributed by atoms with E-state index in [2.05, 4.69) is 5.32 Å². The van der Waals surface area contributed by atoms with E-state index in [-0.39, 0.29) is 12.0 Å². The molecule has 0 fully saturated rings. The quantitative estimate of drug-likeness (QED) is 0.575. The third-order valence-electron chi connectivity index (χ3n) is 4.26. The van der Waals surface area contributed by atoms with Crippen molar-refractivity contribution in [3.05, 3.63) is 78.1 Å². The minimum Gasteiger partial charge on any atom is -0.496 e. The molecule has 7 nitrogen and oxygen atoms in total. The summed E-state index contributed by atoms with van der Waals surface area (Å²) in [6.45, 7) is -0.548. The van der Waals surface area contributed by atoms with E-state index >= 15 is 0 Å². The summed E-state index contributed by atoms with van der Waals surface area (Å²) in [6, 6.07) is 19.8. The molecule has 154 valence electrons. The van der Waals surface area contributed by atoms with Gasteiger partial charge < -0.3 is 13.9 Å². The minimum atomic E-state index is -0.719. The molecule has 1 N–H and O–H groups in total. The molecule has 7 heteroatoms. The largest absolute Gasteiger partial charge is 0.496 e. The molecule has 1 aromatic heterocycles. The van der Waals surface area contributed by atoms with Crippen molar-refractivity contribution in [1.29, 1.82) is 0 Å². The van der Waals surface area contributed by atoms with Crippen molar-refractivity contribution in [2.45, 2.75) is 12.8 Å². The topological polar surface area (TPSA) is 94.8 Å². The summed E-state index contributed by atoms with van der Waals surface area (Å²) in [4.78, 5) is 35.9.